The van der Waals surface area contributed by atoms with Crippen molar-refractivity contribution < 1.29 is 18.3 Å². The summed E-state index contributed by atoms with van der Waals surface area (Å²) >= 11 is 0. The summed E-state index contributed by atoms with van der Waals surface area (Å²) in [5, 5.41) is 12.3. The van der Waals surface area contributed by atoms with Gasteiger partial charge in [0.1, 0.15) is 0 Å². The summed E-state index contributed by atoms with van der Waals surface area (Å²) in [6.45, 7) is 6.32. The van der Waals surface area contributed by atoms with Crippen LogP contribution in [0.15, 0.2) is 23.1 Å². The molecular weight excluding hydrogens is 304 g/mol. The average molecular weight is 328 g/mol. The van der Waals surface area contributed by atoms with Gasteiger partial charge in [-0.3, -0.25) is 0 Å². The number of carboxylic acids is 1. The Balaban J connectivity index is 3.09. The molecule has 0 bridgehead atoms. The normalized spacial score (nSPS) is 12.9. The van der Waals surface area contributed by atoms with Crippen molar-refractivity contribution in [3.05, 3.63) is 23.8 Å². The Labute approximate surface area is 132 Å². The molecule has 1 atom stereocenters. The number of benzene rings is 1. The molecule has 0 radical (unpaired) electrons. The van der Waals surface area contributed by atoms with Gasteiger partial charge in [-0.05, 0) is 38.0 Å². The molecule has 22 heavy (non-hydrogen) atoms. The highest BCUT2D eigenvalue weighted by Gasteiger charge is 2.20. The van der Waals surface area contributed by atoms with E-state index >= 15 is 0 Å². The fraction of sp³-hybridized carbons (Fsp3) is 0.533. The van der Waals surface area contributed by atoms with E-state index in [4.69, 9.17) is 0 Å². The van der Waals surface area contributed by atoms with Crippen molar-refractivity contribution in [1.29, 1.82) is 0 Å². The van der Waals surface area contributed by atoms with Crippen LogP contribution < -0.4 is 10.0 Å². The van der Waals surface area contributed by atoms with Crippen LogP contribution >= 0.6 is 0 Å². The molecule has 7 heteroatoms. The number of anilines is 1. The van der Waals surface area contributed by atoms with Gasteiger partial charge in [0.25, 0.3) is 0 Å². The zero-order valence-corrected chi connectivity index (χ0v) is 14.0. The number of carbonyl (C=O) groups is 1. The number of hydrogen-bond donors (Lipinski definition) is 3. The molecule has 0 aromatic heterocycles. The Kier molecular flexibility index (Phi) is 6.83. The van der Waals surface area contributed by atoms with Gasteiger partial charge in [0.2, 0.25) is 10.0 Å². The summed E-state index contributed by atoms with van der Waals surface area (Å²) in [6, 6.07) is 3.91. The van der Waals surface area contributed by atoms with E-state index in [2.05, 4.69) is 10.0 Å². The largest absolute Gasteiger partial charge is 0.478 e. The lowest BCUT2D eigenvalue weighted by molar-refractivity contribution is 0.0697. The van der Waals surface area contributed by atoms with E-state index in [0.717, 1.165) is 12.8 Å². The van der Waals surface area contributed by atoms with Crippen LogP contribution in [0, 0.1) is 0 Å². The van der Waals surface area contributed by atoms with Gasteiger partial charge in [0.05, 0.1) is 10.5 Å². The lowest BCUT2D eigenvalue weighted by Gasteiger charge is -2.14. The minimum Gasteiger partial charge on any atom is -0.478 e. The van der Waals surface area contributed by atoms with Crippen molar-refractivity contribution in [2.45, 2.75) is 51.0 Å². The molecule has 0 amide bonds. The number of carboxylic acid groups (broad SMARTS) is 1. The fourth-order valence-corrected chi connectivity index (χ4v) is 3.19. The zero-order valence-electron chi connectivity index (χ0n) is 13.2. The molecule has 0 saturated carbocycles. The van der Waals surface area contributed by atoms with Gasteiger partial charge >= 0.3 is 5.97 Å². The van der Waals surface area contributed by atoms with Gasteiger partial charge in [0.15, 0.2) is 0 Å². The molecule has 0 fully saturated rings. The third-order valence-electron chi connectivity index (χ3n) is 3.35. The Morgan fingerprint density at radius 1 is 1.32 bits per heavy atom. The summed E-state index contributed by atoms with van der Waals surface area (Å²) in [5.41, 5.74) is 0.395. The molecule has 1 rings (SSSR count). The predicted octanol–water partition coefficient (Wildman–Crippen LogP) is 2.67. The van der Waals surface area contributed by atoms with Crippen LogP contribution in [-0.2, 0) is 10.0 Å². The Morgan fingerprint density at radius 2 is 2.00 bits per heavy atom. The van der Waals surface area contributed by atoms with E-state index < -0.39 is 16.0 Å². The van der Waals surface area contributed by atoms with Crippen LogP contribution in [0.25, 0.3) is 0 Å². The number of rotatable bonds is 9. The Morgan fingerprint density at radius 3 is 2.55 bits per heavy atom. The minimum absolute atomic E-state index is 0.0359. The first-order valence-corrected chi connectivity index (χ1v) is 8.93. The molecule has 6 nitrogen and oxygen atoms in total. The van der Waals surface area contributed by atoms with Crippen LogP contribution in [0.2, 0.25) is 0 Å². The van der Waals surface area contributed by atoms with E-state index in [-0.39, 0.29) is 16.5 Å². The molecule has 1 aromatic carbocycles. The Bertz CT molecular complexity index is 614. The van der Waals surface area contributed by atoms with Gasteiger partial charge in [0, 0.05) is 18.3 Å². The van der Waals surface area contributed by atoms with E-state index in [9.17, 15) is 18.3 Å². The van der Waals surface area contributed by atoms with Crippen molar-refractivity contribution in [1.82, 2.24) is 4.72 Å². The van der Waals surface area contributed by atoms with Crippen LogP contribution in [0.3, 0.4) is 0 Å². The SMILES string of the molecule is CCCCNc1ccc(S(=O)(=O)NC(C)CC)cc1C(=O)O. The Hall–Kier alpha value is -1.60. The van der Waals surface area contributed by atoms with Gasteiger partial charge in [-0.25, -0.2) is 17.9 Å². The smallest absolute Gasteiger partial charge is 0.337 e. The highest BCUT2D eigenvalue weighted by Crippen LogP contribution is 2.21. The maximum absolute atomic E-state index is 12.2. The molecule has 0 aliphatic carbocycles. The lowest BCUT2D eigenvalue weighted by atomic mass is 10.1. The monoisotopic (exact) mass is 328 g/mol. The third kappa shape index (κ3) is 4.99. The van der Waals surface area contributed by atoms with E-state index in [1.54, 1.807) is 6.92 Å². The maximum Gasteiger partial charge on any atom is 0.337 e. The maximum atomic E-state index is 12.2. The van der Waals surface area contributed by atoms with E-state index in [1.807, 2.05) is 13.8 Å². The summed E-state index contributed by atoms with van der Waals surface area (Å²) in [7, 11) is -3.71. The molecule has 0 aliphatic rings. The summed E-state index contributed by atoms with van der Waals surface area (Å²) < 4.78 is 27.0. The van der Waals surface area contributed by atoms with Crippen molar-refractivity contribution in [3.8, 4) is 0 Å². The third-order valence-corrected chi connectivity index (χ3v) is 4.93. The summed E-state index contributed by atoms with van der Waals surface area (Å²) in [4.78, 5) is 11.3. The van der Waals surface area contributed by atoms with Crippen molar-refractivity contribution in [3.63, 3.8) is 0 Å². The van der Waals surface area contributed by atoms with E-state index in [0.29, 0.717) is 18.7 Å². The molecule has 124 valence electrons. The van der Waals surface area contributed by atoms with Crippen LogP contribution in [0.1, 0.15) is 50.4 Å². The lowest BCUT2D eigenvalue weighted by Crippen LogP contribution is -2.32. The van der Waals surface area contributed by atoms with Crippen molar-refractivity contribution in [2.24, 2.45) is 0 Å². The average Bonchev–Trinajstić information content (AvgIpc) is 2.46. The second-order valence-corrected chi connectivity index (χ2v) is 6.94. The first kappa shape index (κ1) is 18.4. The summed E-state index contributed by atoms with van der Waals surface area (Å²) in [6.07, 6.45) is 2.55. The topological polar surface area (TPSA) is 95.5 Å². The van der Waals surface area contributed by atoms with Gasteiger partial charge in [-0.1, -0.05) is 20.3 Å². The van der Waals surface area contributed by atoms with Crippen LogP contribution in [-0.4, -0.2) is 32.1 Å². The minimum atomic E-state index is -3.71. The second kappa shape index (κ2) is 8.14. The molecule has 0 saturated heterocycles. The molecule has 0 aliphatic heterocycles. The first-order valence-electron chi connectivity index (χ1n) is 7.45. The molecule has 1 unspecified atom stereocenters. The standard InChI is InChI=1S/C15H24N2O4S/c1-4-6-9-16-14-8-7-12(10-13(14)15(18)19)22(20,21)17-11(3)5-2/h7-8,10-11,16-17H,4-6,9H2,1-3H3,(H,18,19). The second-order valence-electron chi connectivity index (χ2n) is 5.22. The highest BCUT2D eigenvalue weighted by atomic mass is 32.2. The van der Waals surface area contributed by atoms with Gasteiger partial charge < -0.3 is 10.4 Å². The number of nitrogens with one attached hydrogen (secondary N) is 2. The summed E-state index contributed by atoms with van der Waals surface area (Å²) in [5.74, 6) is -1.15. The van der Waals surface area contributed by atoms with Crippen molar-refractivity contribution >= 4 is 21.7 Å². The van der Waals surface area contributed by atoms with Gasteiger partial charge in [-0.2, -0.15) is 0 Å². The predicted molar refractivity (Wildman–Crippen MR) is 86.9 cm³/mol. The highest BCUT2D eigenvalue weighted by molar-refractivity contribution is 7.89. The number of sulfonamides is 1. The van der Waals surface area contributed by atoms with Gasteiger partial charge in [-0.15, -0.1) is 0 Å². The van der Waals surface area contributed by atoms with Crippen LogP contribution in [0.4, 0.5) is 5.69 Å². The molecule has 0 spiro atoms. The number of hydrogen-bond acceptors (Lipinski definition) is 4. The number of unbranched alkanes of at least 4 members (excludes halogenated alkanes) is 1. The zero-order chi connectivity index (χ0) is 16.8. The fourth-order valence-electron chi connectivity index (χ4n) is 1.84. The molecule has 0 heterocycles. The molecule has 3 N–H and O–H groups in total. The first-order chi connectivity index (χ1) is 10.3. The van der Waals surface area contributed by atoms with Crippen LogP contribution in [0.5, 0.6) is 0 Å². The quantitative estimate of drug-likeness (QED) is 0.606. The molecule has 1 aromatic rings. The van der Waals surface area contributed by atoms with E-state index in [1.165, 1.54) is 18.2 Å². The molecular formula is C15H24N2O4S. The van der Waals surface area contributed by atoms with Crippen molar-refractivity contribution in [2.75, 3.05) is 11.9 Å². The number of aromatic carboxylic acids is 1.